The first kappa shape index (κ1) is 16.0. The van der Waals surface area contributed by atoms with Crippen LogP contribution < -0.4 is 0 Å². The van der Waals surface area contributed by atoms with Crippen LogP contribution in [-0.4, -0.2) is 40.2 Å². The van der Waals surface area contributed by atoms with Crippen molar-refractivity contribution in [3.8, 4) is 0 Å². The van der Waals surface area contributed by atoms with Crippen molar-refractivity contribution in [1.29, 1.82) is 0 Å². The normalized spacial score (nSPS) is 21.1. The molecule has 0 bridgehead atoms. The Hall–Kier alpha value is -1.84. The summed E-state index contributed by atoms with van der Waals surface area (Å²) in [5, 5.41) is 0. The maximum Gasteiger partial charge on any atom is 0.228 e. The molecule has 3 rings (SSSR count). The highest BCUT2D eigenvalue weighted by Gasteiger charge is 2.41. The number of carbonyl (C=O) groups is 2. The Morgan fingerprint density at radius 1 is 1.26 bits per heavy atom. The van der Waals surface area contributed by atoms with Crippen molar-refractivity contribution in [2.45, 2.75) is 58.7 Å². The summed E-state index contributed by atoms with van der Waals surface area (Å²) in [5.74, 6) is 0.0987. The van der Waals surface area contributed by atoms with Crippen LogP contribution in [0.1, 0.15) is 44.2 Å². The van der Waals surface area contributed by atoms with E-state index in [1.807, 2.05) is 9.80 Å². The number of carbonyl (C=O) groups excluding carboxylic acids is 2. The maximum atomic E-state index is 12.8. The van der Waals surface area contributed by atoms with Crippen molar-refractivity contribution in [2.75, 3.05) is 6.54 Å². The Kier molecular flexibility index (Phi) is 4.42. The van der Waals surface area contributed by atoms with Crippen LogP contribution in [0.2, 0.25) is 0 Å². The van der Waals surface area contributed by atoms with E-state index in [-0.39, 0.29) is 23.8 Å². The highest BCUT2D eigenvalue weighted by molar-refractivity contribution is 5.89. The molecule has 0 N–H and O–H groups in total. The Balaban J connectivity index is 1.64. The second-order valence-corrected chi connectivity index (χ2v) is 7.23. The van der Waals surface area contributed by atoms with E-state index in [1.165, 1.54) is 5.56 Å². The first-order chi connectivity index (χ1) is 11.0. The summed E-state index contributed by atoms with van der Waals surface area (Å²) < 4.78 is 0. The molecule has 1 heterocycles. The fourth-order valence-corrected chi connectivity index (χ4v) is 3.42. The van der Waals surface area contributed by atoms with Crippen molar-refractivity contribution in [2.24, 2.45) is 5.92 Å². The zero-order valence-corrected chi connectivity index (χ0v) is 14.3. The number of likely N-dealkylation sites (tertiary alicyclic amines) is 1. The van der Waals surface area contributed by atoms with Crippen LogP contribution in [0.25, 0.3) is 0 Å². The van der Waals surface area contributed by atoms with Crippen LogP contribution in [0.4, 0.5) is 0 Å². The number of hydrogen-bond donors (Lipinski definition) is 0. The Morgan fingerprint density at radius 2 is 1.91 bits per heavy atom. The van der Waals surface area contributed by atoms with Gasteiger partial charge in [0.2, 0.25) is 11.8 Å². The third kappa shape index (κ3) is 3.57. The topological polar surface area (TPSA) is 40.6 Å². The van der Waals surface area contributed by atoms with Crippen LogP contribution in [0.5, 0.6) is 0 Å². The molecule has 0 radical (unpaired) electrons. The molecule has 2 aliphatic rings. The highest BCUT2D eigenvalue weighted by atomic mass is 16.2. The third-order valence-electron chi connectivity index (χ3n) is 4.81. The molecule has 1 unspecified atom stereocenters. The van der Waals surface area contributed by atoms with E-state index in [9.17, 15) is 9.59 Å². The van der Waals surface area contributed by atoms with Crippen LogP contribution in [0.15, 0.2) is 24.3 Å². The van der Waals surface area contributed by atoms with E-state index in [2.05, 4.69) is 45.0 Å². The minimum Gasteiger partial charge on any atom is -0.338 e. The molecule has 1 aliphatic carbocycles. The largest absolute Gasteiger partial charge is 0.338 e. The van der Waals surface area contributed by atoms with Crippen molar-refractivity contribution in [1.82, 2.24) is 9.80 Å². The summed E-state index contributed by atoms with van der Waals surface area (Å²) in [4.78, 5) is 28.9. The average molecular weight is 314 g/mol. The predicted molar refractivity (Wildman–Crippen MR) is 89.7 cm³/mol. The minimum absolute atomic E-state index is 0.100. The molecule has 23 heavy (non-hydrogen) atoms. The van der Waals surface area contributed by atoms with Gasteiger partial charge < -0.3 is 9.80 Å². The van der Waals surface area contributed by atoms with Crippen molar-refractivity contribution < 1.29 is 9.59 Å². The third-order valence-corrected chi connectivity index (χ3v) is 4.81. The first-order valence-corrected chi connectivity index (χ1v) is 8.61. The second kappa shape index (κ2) is 6.34. The first-order valence-electron chi connectivity index (χ1n) is 8.61. The molecule has 4 heteroatoms. The van der Waals surface area contributed by atoms with Crippen LogP contribution >= 0.6 is 0 Å². The average Bonchev–Trinajstić information content (AvgIpc) is 3.25. The lowest BCUT2D eigenvalue weighted by Crippen LogP contribution is -2.43. The van der Waals surface area contributed by atoms with Gasteiger partial charge in [-0.05, 0) is 39.2 Å². The number of aryl methyl sites for hydroxylation is 1. The molecular formula is C19H26N2O2. The molecule has 2 fully saturated rings. The molecule has 2 amide bonds. The van der Waals surface area contributed by atoms with Gasteiger partial charge in [-0.25, -0.2) is 0 Å². The smallest absolute Gasteiger partial charge is 0.228 e. The van der Waals surface area contributed by atoms with Crippen LogP contribution in [0, 0.1) is 12.8 Å². The van der Waals surface area contributed by atoms with Gasteiger partial charge in [0, 0.05) is 31.6 Å². The monoisotopic (exact) mass is 314 g/mol. The van der Waals surface area contributed by atoms with Gasteiger partial charge in [0.1, 0.15) is 0 Å². The van der Waals surface area contributed by atoms with Crippen molar-refractivity contribution >= 4 is 11.8 Å². The molecule has 1 aliphatic heterocycles. The number of rotatable bonds is 5. The van der Waals surface area contributed by atoms with E-state index in [0.29, 0.717) is 25.6 Å². The number of benzene rings is 1. The zero-order chi connectivity index (χ0) is 16.6. The molecule has 1 saturated heterocycles. The minimum atomic E-state index is -0.170. The number of amides is 2. The van der Waals surface area contributed by atoms with E-state index in [4.69, 9.17) is 0 Å². The molecule has 0 aromatic heterocycles. The fourth-order valence-electron chi connectivity index (χ4n) is 3.42. The Morgan fingerprint density at radius 3 is 2.48 bits per heavy atom. The SMILES string of the molecule is Cc1ccc(CN2CC(C(=O)N(C(C)C)C3CC3)CC2=O)cc1. The van der Waals surface area contributed by atoms with E-state index < -0.39 is 0 Å². The van der Waals surface area contributed by atoms with Gasteiger partial charge in [0.15, 0.2) is 0 Å². The second-order valence-electron chi connectivity index (χ2n) is 7.23. The molecule has 124 valence electrons. The lowest BCUT2D eigenvalue weighted by molar-refractivity contribution is -0.138. The summed E-state index contributed by atoms with van der Waals surface area (Å²) in [6, 6.07) is 8.86. The Bertz CT molecular complexity index is 588. The molecule has 0 spiro atoms. The summed E-state index contributed by atoms with van der Waals surface area (Å²) in [7, 11) is 0. The standard InChI is InChI=1S/C19H26N2O2/c1-13(2)21(17-8-9-17)19(23)16-10-18(22)20(12-16)11-15-6-4-14(3)5-7-15/h4-7,13,16-17H,8-12H2,1-3H3. The van der Waals surface area contributed by atoms with Gasteiger partial charge in [-0.3, -0.25) is 9.59 Å². The molecule has 1 atom stereocenters. The lowest BCUT2D eigenvalue weighted by Gasteiger charge is -2.29. The summed E-state index contributed by atoms with van der Waals surface area (Å²) in [6.45, 7) is 7.35. The van der Waals surface area contributed by atoms with Crippen molar-refractivity contribution in [3.63, 3.8) is 0 Å². The number of hydrogen-bond acceptors (Lipinski definition) is 2. The highest BCUT2D eigenvalue weighted by Crippen LogP contribution is 2.32. The molecule has 1 aromatic rings. The van der Waals surface area contributed by atoms with E-state index in [0.717, 1.165) is 18.4 Å². The van der Waals surface area contributed by atoms with Gasteiger partial charge in [0.05, 0.1) is 5.92 Å². The van der Waals surface area contributed by atoms with Crippen LogP contribution in [-0.2, 0) is 16.1 Å². The molecule has 1 aromatic carbocycles. The van der Waals surface area contributed by atoms with E-state index >= 15 is 0 Å². The summed E-state index contributed by atoms with van der Waals surface area (Å²) >= 11 is 0. The van der Waals surface area contributed by atoms with Gasteiger partial charge in [-0.2, -0.15) is 0 Å². The van der Waals surface area contributed by atoms with Crippen molar-refractivity contribution in [3.05, 3.63) is 35.4 Å². The van der Waals surface area contributed by atoms with Crippen LogP contribution in [0.3, 0.4) is 0 Å². The maximum absolute atomic E-state index is 12.8. The quantitative estimate of drug-likeness (QED) is 0.838. The predicted octanol–water partition coefficient (Wildman–Crippen LogP) is 2.74. The molecule has 4 nitrogen and oxygen atoms in total. The van der Waals surface area contributed by atoms with Gasteiger partial charge in [-0.1, -0.05) is 29.8 Å². The summed E-state index contributed by atoms with van der Waals surface area (Å²) in [6.07, 6.45) is 2.58. The molecule has 1 saturated carbocycles. The van der Waals surface area contributed by atoms with E-state index in [1.54, 1.807) is 0 Å². The van der Waals surface area contributed by atoms with Gasteiger partial charge in [-0.15, -0.1) is 0 Å². The van der Waals surface area contributed by atoms with Gasteiger partial charge in [0.25, 0.3) is 0 Å². The number of nitrogens with zero attached hydrogens (tertiary/aromatic N) is 2. The summed E-state index contributed by atoms with van der Waals surface area (Å²) in [5.41, 5.74) is 2.34. The fraction of sp³-hybridized carbons (Fsp3) is 0.579. The Labute approximate surface area is 138 Å². The molecular weight excluding hydrogens is 288 g/mol. The van der Waals surface area contributed by atoms with Gasteiger partial charge >= 0.3 is 0 Å². The zero-order valence-electron chi connectivity index (χ0n) is 14.3. The lowest BCUT2D eigenvalue weighted by atomic mass is 10.1.